The number of aromatic nitrogens is 5. The molecule has 0 saturated carbocycles. The van der Waals surface area contributed by atoms with Gasteiger partial charge in [-0.15, -0.1) is 10.2 Å². The van der Waals surface area contributed by atoms with Crippen molar-refractivity contribution in [3.63, 3.8) is 0 Å². The van der Waals surface area contributed by atoms with Gasteiger partial charge in [0, 0.05) is 23.4 Å². The number of halogens is 5. The summed E-state index contributed by atoms with van der Waals surface area (Å²) in [5.41, 5.74) is 1.71. The Bertz CT molecular complexity index is 1790. The van der Waals surface area contributed by atoms with E-state index in [1.54, 1.807) is 12.1 Å². The molecule has 204 valence electrons. The van der Waals surface area contributed by atoms with Crippen molar-refractivity contribution in [3.05, 3.63) is 89.2 Å². The van der Waals surface area contributed by atoms with Gasteiger partial charge in [-0.25, -0.2) is 12.8 Å². The predicted octanol–water partition coefficient (Wildman–Crippen LogP) is 6.46. The Morgan fingerprint density at radius 1 is 0.900 bits per heavy atom. The van der Waals surface area contributed by atoms with E-state index in [4.69, 9.17) is 16.3 Å². The van der Waals surface area contributed by atoms with Crippen LogP contribution in [-0.4, -0.2) is 33.8 Å². The van der Waals surface area contributed by atoms with Crippen LogP contribution in [0, 0.1) is 5.82 Å². The van der Waals surface area contributed by atoms with E-state index in [1.807, 2.05) is 0 Å². The van der Waals surface area contributed by atoms with Gasteiger partial charge in [-0.1, -0.05) is 29.0 Å². The number of pyridine rings is 1. The van der Waals surface area contributed by atoms with Gasteiger partial charge in [-0.05, 0) is 47.5 Å². The molecule has 0 fully saturated rings. The van der Waals surface area contributed by atoms with E-state index in [0.29, 0.717) is 16.7 Å². The maximum Gasteiger partial charge on any atom is 0.433 e. The first kappa shape index (κ1) is 27.4. The highest BCUT2D eigenvalue weighted by molar-refractivity contribution is 7.93. The van der Waals surface area contributed by atoms with Crippen LogP contribution in [-0.2, 0) is 16.2 Å². The molecule has 0 radical (unpaired) electrons. The maximum absolute atomic E-state index is 15.0. The second kappa shape index (κ2) is 10.7. The third-order valence-electron chi connectivity index (χ3n) is 5.34. The number of hydrogen-bond donors (Lipinski definition) is 1. The standard InChI is InChI=1S/C24H13ClF4N6O3S2/c25-17-9-21(40(36,37)35-23-34-33-12-39-23)18(26)10-20(17)38-19-2-1-13(7-16(19)15-4-6-31-32-11-15)14-3-5-30-22(8-14)24(27,28)29/h1-12H,(H,34,35). The quantitative estimate of drug-likeness (QED) is 0.209. The average molecular weight is 609 g/mol. The molecule has 0 aliphatic carbocycles. The molecule has 0 aliphatic rings. The number of alkyl halides is 3. The predicted molar refractivity (Wildman–Crippen MR) is 138 cm³/mol. The lowest BCUT2D eigenvalue weighted by atomic mass is 9.99. The molecule has 2 aromatic carbocycles. The molecule has 5 aromatic rings. The van der Waals surface area contributed by atoms with E-state index in [9.17, 15) is 26.0 Å². The summed E-state index contributed by atoms with van der Waals surface area (Å²) in [6.45, 7) is 0. The minimum atomic E-state index is -4.63. The average Bonchev–Trinajstić information content (AvgIpc) is 3.43. The number of nitrogens with one attached hydrogen (secondary N) is 1. The van der Waals surface area contributed by atoms with E-state index in [-0.39, 0.29) is 27.2 Å². The fourth-order valence-corrected chi connectivity index (χ4v) is 5.59. The Labute approximate surface area is 232 Å². The van der Waals surface area contributed by atoms with Crippen LogP contribution < -0.4 is 9.46 Å². The lowest BCUT2D eigenvalue weighted by molar-refractivity contribution is -0.141. The summed E-state index contributed by atoms with van der Waals surface area (Å²) < 4.78 is 87.9. The Balaban J connectivity index is 1.53. The molecule has 0 spiro atoms. The molecule has 0 atom stereocenters. The molecule has 0 unspecified atom stereocenters. The molecule has 0 aliphatic heterocycles. The first-order valence-electron chi connectivity index (χ1n) is 10.9. The number of sulfonamides is 1. The third kappa shape index (κ3) is 5.85. The molecular formula is C24H13ClF4N6O3S2. The van der Waals surface area contributed by atoms with Crippen LogP contribution in [0.25, 0.3) is 22.3 Å². The van der Waals surface area contributed by atoms with Gasteiger partial charge in [0.1, 0.15) is 33.4 Å². The van der Waals surface area contributed by atoms with Crippen molar-refractivity contribution in [2.45, 2.75) is 11.1 Å². The Hall–Kier alpha value is -4.21. The van der Waals surface area contributed by atoms with Crippen LogP contribution in [0.15, 0.2) is 77.5 Å². The number of hydrogen-bond acceptors (Lipinski definition) is 9. The van der Waals surface area contributed by atoms with Crippen molar-refractivity contribution >= 4 is 38.1 Å². The Morgan fingerprint density at radius 2 is 1.68 bits per heavy atom. The second-order valence-electron chi connectivity index (χ2n) is 7.93. The van der Waals surface area contributed by atoms with E-state index >= 15 is 0 Å². The van der Waals surface area contributed by atoms with Gasteiger partial charge in [0.25, 0.3) is 10.0 Å². The first-order valence-corrected chi connectivity index (χ1v) is 13.7. The summed E-state index contributed by atoms with van der Waals surface area (Å²) in [6.07, 6.45) is -0.785. The zero-order valence-corrected chi connectivity index (χ0v) is 22.0. The highest BCUT2D eigenvalue weighted by Crippen LogP contribution is 2.40. The van der Waals surface area contributed by atoms with E-state index < -0.39 is 32.6 Å². The van der Waals surface area contributed by atoms with Crippen molar-refractivity contribution in [2.24, 2.45) is 0 Å². The lowest BCUT2D eigenvalue weighted by Gasteiger charge is -2.16. The van der Waals surface area contributed by atoms with Crippen LogP contribution >= 0.6 is 22.9 Å². The fraction of sp³-hybridized carbons (Fsp3) is 0.0417. The number of rotatable bonds is 7. The number of nitrogens with zero attached hydrogens (tertiary/aromatic N) is 5. The zero-order valence-electron chi connectivity index (χ0n) is 19.6. The number of anilines is 1. The topological polar surface area (TPSA) is 120 Å². The lowest BCUT2D eigenvalue weighted by Crippen LogP contribution is -2.14. The highest BCUT2D eigenvalue weighted by Gasteiger charge is 2.32. The fourth-order valence-electron chi connectivity index (χ4n) is 3.54. The van der Waals surface area contributed by atoms with Crippen LogP contribution in [0.1, 0.15) is 5.69 Å². The molecular weight excluding hydrogens is 596 g/mol. The van der Waals surface area contributed by atoms with Gasteiger partial charge in [0.2, 0.25) is 5.13 Å². The Morgan fingerprint density at radius 3 is 2.38 bits per heavy atom. The summed E-state index contributed by atoms with van der Waals surface area (Å²) in [5, 5.41) is 14.3. The van der Waals surface area contributed by atoms with Gasteiger partial charge in [-0.3, -0.25) is 9.71 Å². The first-order chi connectivity index (χ1) is 19.0. The molecule has 0 bridgehead atoms. The van der Waals surface area contributed by atoms with Crippen molar-refractivity contribution in [3.8, 4) is 33.8 Å². The third-order valence-corrected chi connectivity index (χ3v) is 7.72. The van der Waals surface area contributed by atoms with Crippen LogP contribution in [0.4, 0.5) is 22.7 Å². The minimum Gasteiger partial charge on any atom is -0.455 e. The molecule has 0 amide bonds. The van der Waals surface area contributed by atoms with Crippen molar-refractivity contribution < 1.29 is 30.7 Å². The van der Waals surface area contributed by atoms with Crippen molar-refractivity contribution in [2.75, 3.05) is 4.72 Å². The van der Waals surface area contributed by atoms with Gasteiger partial charge in [-0.2, -0.15) is 23.4 Å². The summed E-state index contributed by atoms with van der Waals surface area (Å²) in [7, 11) is -4.38. The zero-order chi connectivity index (χ0) is 28.5. The monoisotopic (exact) mass is 608 g/mol. The van der Waals surface area contributed by atoms with Crippen LogP contribution in [0.3, 0.4) is 0 Å². The van der Waals surface area contributed by atoms with Crippen molar-refractivity contribution in [1.82, 2.24) is 25.4 Å². The normalized spacial score (nSPS) is 11.8. The van der Waals surface area contributed by atoms with Crippen molar-refractivity contribution in [1.29, 1.82) is 0 Å². The van der Waals surface area contributed by atoms with Gasteiger partial charge >= 0.3 is 6.18 Å². The Kier molecular flexibility index (Phi) is 7.35. The van der Waals surface area contributed by atoms with Gasteiger partial charge < -0.3 is 4.74 Å². The van der Waals surface area contributed by atoms with Gasteiger partial charge in [0.05, 0.1) is 17.4 Å². The molecule has 5 rings (SSSR count). The van der Waals surface area contributed by atoms with E-state index in [0.717, 1.165) is 35.7 Å². The molecule has 0 saturated heterocycles. The number of ether oxygens (including phenoxy) is 1. The highest BCUT2D eigenvalue weighted by atomic mass is 35.5. The maximum atomic E-state index is 15.0. The summed E-state index contributed by atoms with van der Waals surface area (Å²) >= 11 is 7.18. The smallest absolute Gasteiger partial charge is 0.433 e. The number of benzene rings is 2. The van der Waals surface area contributed by atoms with Crippen LogP contribution in [0.2, 0.25) is 5.02 Å². The van der Waals surface area contributed by atoms with E-state index in [1.165, 1.54) is 36.1 Å². The molecule has 9 nitrogen and oxygen atoms in total. The minimum absolute atomic E-state index is 0.0666. The summed E-state index contributed by atoms with van der Waals surface area (Å²) in [5.74, 6) is -1.24. The molecule has 1 N–H and O–H groups in total. The van der Waals surface area contributed by atoms with Crippen LogP contribution in [0.5, 0.6) is 11.5 Å². The SMILES string of the molecule is O=S(=O)(Nc1nncs1)c1cc(Cl)c(Oc2ccc(-c3ccnc(C(F)(F)F)c3)cc2-c2ccnnc2)cc1F. The second-order valence-corrected chi connectivity index (χ2v) is 10.8. The molecule has 40 heavy (non-hydrogen) atoms. The summed E-state index contributed by atoms with van der Waals surface area (Å²) in [4.78, 5) is 2.64. The summed E-state index contributed by atoms with van der Waals surface area (Å²) in [6, 6.07) is 10.1. The van der Waals surface area contributed by atoms with Gasteiger partial charge in [0.15, 0.2) is 0 Å². The largest absolute Gasteiger partial charge is 0.455 e. The van der Waals surface area contributed by atoms with E-state index in [2.05, 4.69) is 30.1 Å². The molecule has 16 heteroatoms. The molecule has 3 aromatic heterocycles. The molecule has 3 heterocycles.